The van der Waals surface area contributed by atoms with Gasteiger partial charge < -0.3 is 15.2 Å². The van der Waals surface area contributed by atoms with Gasteiger partial charge in [-0.2, -0.15) is 0 Å². The van der Waals surface area contributed by atoms with E-state index in [1.54, 1.807) is 39.0 Å². The van der Waals surface area contributed by atoms with E-state index in [1.165, 1.54) is 0 Å². The van der Waals surface area contributed by atoms with Crippen LogP contribution in [0.25, 0.3) is 0 Å². The van der Waals surface area contributed by atoms with Gasteiger partial charge in [-0.25, -0.2) is 4.79 Å². The van der Waals surface area contributed by atoms with Crippen molar-refractivity contribution in [3.05, 3.63) is 23.8 Å². The van der Waals surface area contributed by atoms with Gasteiger partial charge in [0.25, 0.3) is 0 Å². The fraction of sp³-hybridized carbons (Fsp3) is 0.417. The lowest BCUT2D eigenvalue weighted by molar-refractivity contribution is 0.0205. The molecule has 1 rings (SSSR count). The predicted octanol–water partition coefficient (Wildman–Crippen LogP) is 2.89. The molecule has 0 saturated heterocycles. The number of ether oxygens (including phenoxy) is 2. The molecular formula is C12H17NO3. The third-order valence-electron chi connectivity index (χ3n) is 1.80. The van der Waals surface area contributed by atoms with Gasteiger partial charge in [-0.1, -0.05) is 6.07 Å². The molecule has 1 aromatic carbocycles. The van der Waals surface area contributed by atoms with Crippen molar-refractivity contribution < 1.29 is 14.3 Å². The van der Waals surface area contributed by atoms with Gasteiger partial charge in [0, 0.05) is 11.8 Å². The van der Waals surface area contributed by atoms with Crippen LogP contribution in [0.1, 0.15) is 26.3 Å². The molecule has 0 bridgehead atoms. The minimum absolute atomic E-state index is 0.425. The maximum atomic E-state index is 11.4. The van der Waals surface area contributed by atoms with Gasteiger partial charge >= 0.3 is 6.16 Å². The summed E-state index contributed by atoms with van der Waals surface area (Å²) < 4.78 is 10.1. The summed E-state index contributed by atoms with van der Waals surface area (Å²) in [6.45, 7) is 7.17. The maximum absolute atomic E-state index is 11.4. The second-order valence-corrected chi connectivity index (χ2v) is 4.59. The van der Waals surface area contributed by atoms with E-state index in [2.05, 4.69) is 0 Å². The average molecular weight is 223 g/mol. The van der Waals surface area contributed by atoms with E-state index in [4.69, 9.17) is 15.2 Å². The van der Waals surface area contributed by atoms with Crippen LogP contribution < -0.4 is 10.5 Å². The number of nitrogens with two attached hydrogens (primary N) is 1. The minimum Gasteiger partial charge on any atom is -0.428 e. The summed E-state index contributed by atoms with van der Waals surface area (Å²) in [6.07, 6.45) is -0.721. The SMILES string of the molecule is Cc1ccc(N)cc1OC(=O)OC(C)(C)C. The number of anilines is 1. The smallest absolute Gasteiger partial charge is 0.428 e. The zero-order valence-corrected chi connectivity index (χ0v) is 10.0. The molecule has 0 heterocycles. The molecule has 0 unspecified atom stereocenters. The van der Waals surface area contributed by atoms with E-state index >= 15 is 0 Å². The van der Waals surface area contributed by atoms with Gasteiger partial charge in [0.2, 0.25) is 0 Å². The molecule has 4 nitrogen and oxygen atoms in total. The lowest BCUT2D eigenvalue weighted by Crippen LogP contribution is -2.26. The van der Waals surface area contributed by atoms with E-state index in [0.717, 1.165) is 5.56 Å². The molecule has 0 atom stereocenters. The Kier molecular flexibility index (Phi) is 3.42. The van der Waals surface area contributed by atoms with Crippen molar-refractivity contribution in [1.29, 1.82) is 0 Å². The van der Waals surface area contributed by atoms with Crippen molar-refractivity contribution in [2.45, 2.75) is 33.3 Å². The molecule has 0 aromatic heterocycles. The van der Waals surface area contributed by atoms with Gasteiger partial charge in [0.05, 0.1) is 0 Å². The zero-order valence-electron chi connectivity index (χ0n) is 10.0. The highest BCUT2D eigenvalue weighted by Gasteiger charge is 2.18. The number of hydrogen-bond donors (Lipinski definition) is 1. The first kappa shape index (κ1) is 12.4. The Morgan fingerprint density at radius 2 is 1.94 bits per heavy atom. The van der Waals surface area contributed by atoms with Crippen molar-refractivity contribution in [2.24, 2.45) is 0 Å². The first-order valence-corrected chi connectivity index (χ1v) is 5.05. The second kappa shape index (κ2) is 4.43. The molecular weight excluding hydrogens is 206 g/mol. The highest BCUT2D eigenvalue weighted by atomic mass is 16.7. The molecule has 4 heteroatoms. The lowest BCUT2D eigenvalue weighted by Gasteiger charge is -2.19. The van der Waals surface area contributed by atoms with Crippen LogP contribution in [0.3, 0.4) is 0 Å². The third-order valence-corrected chi connectivity index (χ3v) is 1.80. The molecule has 0 aliphatic heterocycles. The lowest BCUT2D eigenvalue weighted by atomic mass is 10.2. The molecule has 0 fully saturated rings. The number of aryl methyl sites for hydroxylation is 1. The summed E-state index contributed by atoms with van der Waals surface area (Å²) in [7, 11) is 0. The van der Waals surface area contributed by atoms with E-state index in [0.29, 0.717) is 11.4 Å². The standard InChI is InChI=1S/C12H17NO3/c1-8-5-6-9(13)7-10(8)15-11(14)16-12(2,3)4/h5-7H,13H2,1-4H3. The summed E-state index contributed by atoms with van der Waals surface area (Å²) in [5, 5.41) is 0. The highest BCUT2D eigenvalue weighted by molar-refractivity contribution is 5.66. The summed E-state index contributed by atoms with van der Waals surface area (Å²) in [6, 6.07) is 5.13. The fourth-order valence-corrected chi connectivity index (χ4v) is 1.09. The van der Waals surface area contributed by atoms with Crippen LogP contribution in [0, 0.1) is 6.92 Å². The van der Waals surface area contributed by atoms with E-state index in [9.17, 15) is 4.79 Å². The molecule has 0 aliphatic carbocycles. The molecule has 0 amide bonds. The summed E-state index contributed by atoms with van der Waals surface area (Å²) in [5.74, 6) is 0.425. The zero-order chi connectivity index (χ0) is 12.3. The number of carbonyl (C=O) groups is 1. The van der Waals surface area contributed by atoms with Crippen molar-refractivity contribution in [1.82, 2.24) is 0 Å². The largest absolute Gasteiger partial charge is 0.514 e. The first-order valence-electron chi connectivity index (χ1n) is 5.05. The Morgan fingerprint density at radius 1 is 1.31 bits per heavy atom. The van der Waals surface area contributed by atoms with Gasteiger partial charge in [-0.15, -0.1) is 0 Å². The summed E-state index contributed by atoms with van der Waals surface area (Å²) in [4.78, 5) is 11.4. The van der Waals surface area contributed by atoms with Gasteiger partial charge in [0.15, 0.2) is 0 Å². The number of nitrogen functional groups attached to an aromatic ring is 1. The van der Waals surface area contributed by atoms with Crippen LogP contribution in [0.5, 0.6) is 5.75 Å². The maximum Gasteiger partial charge on any atom is 0.514 e. The highest BCUT2D eigenvalue weighted by Crippen LogP contribution is 2.22. The van der Waals surface area contributed by atoms with Crippen molar-refractivity contribution in [3.63, 3.8) is 0 Å². The van der Waals surface area contributed by atoms with Crippen LogP contribution >= 0.6 is 0 Å². The molecule has 0 spiro atoms. The number of hydrogen-bond acceptors (Lipinski definition) is 4. The monoisotopic (exact) mass is 223 g/mol. The van der Waals surface area contributed by atoms with Gasteiger partial charge in [0.1, 0.15) is 11.4 Å². The van der Waals surface area contributed by atoms with Crippen LogP contribution in [-0.4, -0.2) is 11.8 Å². The van der Waals surface area contributed by atoms with Gasteiger partial charge in [-0.3, -0.25) is 0 Å². The quantitative estimate of drug-likeness (QED) is 0.451. The van der Waals surface area contributed by atoms with Crippen molar-refractivity contribution >= 4 is 11.8 Å². The summed E-state index contributed by atoms with van der Waals surface area (Å²) >= 11 is 0. The van der Waals surface area contributed by atoms with Crippen molar-refractivity contribution in [2.75, 3.05) is 5.73 Å². The normalized spacial score (nSPS) is 11.0. The molecule has 0 saturated carbocycles. The minimum atomic E-state index is -0.721. The Hall–Kier alpha value is -1.71. The number of benzene rings is 1. The number of rotatable bonds is 1. The molecule has 0 aliphatic rings. The Balaban J connectivity index is 2.73. The summed E-state index contributed by atoms with van der Waals surface area (Å²) in [5.41, 5.74) is 6.41. The van der Waals surface area contributed by atoms with Crippen LogP contribution in [0.15, 0.2) is 18.2 Å². The van der Waals surface area contributed by atoms with Crippen LogP contribution in [0.2, 0.25) is 0 Å². The molecule has 0 radical (unpaired) electrons. The van der Waals surface area contributed by atoms with Crippen LogP contribution in [0.4, 0.5) is 10.5 Å². The molecule has 1 aromatic rings. The topological polar surface area (TPSA) is 61.5 Å². The van der Waals surface area contributed by atoms with E-state index in [1.807, 2.05) is 6.92 Å². The number of carbonyl (C=O) groups excluding carboxylic acids is 1. The molecule has 88 valence electrons. The predicted molar refractivity (Wildman–Crippen MR) is 62.5 cm³/mol. The first-order chi connectivity index (χ1) is 7.28. The fourth-order valence-electron chi connectivity index (χ4n) is 1.09. The van der Waals surface area contributed by atoms with Crippen LogP contribution in [-0.2, 0) is 4.74 Å². The third kappa shape index (κ3) is 3.81. The Bertz CT molecular complexity index is 394. The van der Waals surface area contributed by atoms with Gasteiger partial charge in [-0.05, 0) is 39.3 Å². The van der Waals surface area contributed by atoms with E-state index < -0.39 is 11.8 Å². The van der Waals surface area contributed by atoms with Crippen molar-refractivity contribution in [3.8, 4) is 5.75 Å². The average Bonchev–Trinajstić information content (AvgIpc) is 2.08. The Morgan fingerprint density at radius 3 is 2.50 bits per heavy atom. The second-order valence-electron chi connectivity index (χ2n) is 4.59. The molecule has 16 heavy (non-hydrogen) atoms. The molecule has 2 N–H and O–H groups in total. The Labute approximate surface area is 95.3 Å². The van der Waals surface area contributed by atoms with E-state index in [-0.39, 0.29) is 0 Å².